The maximum atomic E-state index is 6.13. The maximum Gasteiger partial charge on any atom is 0.166 e. The van der Waals surface area contributed by atoms with E-state index in [0.29, 0.717) is 17.5 Å². The lowest BCUT2D eigenvalue weighted by molar-refractivity contribution is 0.669. The average Bonchev–Trinajstić information content (AvgIpc) is 3.73. The normalized spacial score (nSPS) is 11.6. The summed E-state index contributed by atoms with van der Waals surface area (Å²) in [5.74, 6) is 1.81. The highest BCUT2D eigenvalue weighted by Crippen LogP contribution is 2.39. The van der Waals surface area contributed by atoms with E-state index in [0.717, 1.165) is 77.2 Å². The zero-order valence-corrected chi connectivity index (χ0v) is 26.7. The minimum Gasteiger partial charge on any atom is -0.456 e. The molecule has 0 unspecified atom stereocenters. The Morgan fingerprint density at radius 2 is 1.02 bits per heavy atom. The van der Waals surface area contributed by atoms with Crippen molar-refractivity contribution in [3.05, 3.63) is 164 Å². The van der Waals surface area contributed by atoms with Crippen LogP contribution in [0.2, 0.25) is 0 Å². The Kier molecular flexibility index (Phi) is 6.39. The Labute approximate surface area is 287 Å². The molecule has 0 saturated heterocycles. The van der Waals surface area contributed by atoms with Crippen LogP contribution in [-0.2, 0) is 0 Å². The molecule has 0 aliphatic heterocycles. The largest absolute Gasteiger partial charge is 0.456 e. The summed E-state index contributed by atoms with van der Waals surface area (Å²) < 4.78 is 8.42. The van der Waals surface area contributed by atoms with Crippen LogP contribution in [-0.4, -0.2) is 24.5 Å². The first-order chi connectivity index (χ1) is 24.8. The predicted octanol–water partition coefficient (Wildman–Crippen LogP) is 10.9. The van der Waals surface area contributed by atoms with Crippen LogP contribution in [0.4, 0.5) is 0 Å². The number of fused-ring (bicyclic) bond motifs is 6. The van der Waals surface area contributed by atoms with Gasteiger partial charge in [0.2, 0.25) is 0 Å². The van der Waals surface area contributed by atoms with Crippen molar-refractivity contribution in [3.63, 3.8) is 0 Å². The molecule has 0 saturated carbocycles. The smallest absolute Gasteiger partial charge is 0.166 e. The summed E-state index contributed by atoms with van der Waals surface area (Å²) in [6.45, 7) is 0. The van der Waals surface area contributed by atoms with E-state index >= 15 is 0 Å². The van der Waals surface area contributed by atoms with Gasteiger partial charge in [-0.15, -0.1) is 0 Å². The third-order valence-electron chi connectivity index (χ3n) is 9.37. The van der Waals surface area contributed by atoms with Gasteiger partial charge in [-0.1, -0.05) is 115 Å². The van der Waals surface area contributed by atoms with Crippen molar-refractivity contribution in [2.45, 2.75) is 0 Å². The molecule has 0 atom stereocenters. The third kappa shape index (κ3) is 4.58. The highest BCUT2D eigenvalue weighted by atomic mass is 16.3. The quantitative estimate of drug-likeness (QED) is 0.187. The number of furan rings is 1. The van der Waals surface area contributed by atoms with Crippen molar-refractivity contribution in [2.24, 2.45) is 0 Å². The highest BCUT2D eigenvalue weighted by molar-refractivity contribution is 6.11. The summed E-state index contributed by atoms with van der Waals surface area (Å²) in [6, 6.07) is 51.9. The molecule has 6 heteroatoms. The van der Waals surface area contributed by atoms with Gasteiger partial charge < -0.3 is 8.98 Å². The van der Waals surface area contributed by atoms with Crippen molar-refractivity contribution in [3.8, 4) is 51.0 Å². The molecule has 0 aliphatic rings. The lowest BCUT2D eigenvalue weighted by Crippen LogP contribution is -2.04. The summed E-state index contributed by atoms with van der Waals surface area (Å²) in [7, 11) is 0. The van der Waals surface area contributed by atoms with E-state index in [2.05, 4.69) is 82.3 Å². The molecule has 0 fully saturated rings. The van der Waals surface area contributed by atoms with Crippen LogP contribution in [0, 0.1) is 0 Å². The first-order valence-electron chi connectivity index (χ1n) is 16.5. The van der Waals surface area contributed by atoms with Gasteiger partial charge >= 0.3 is 0 Å². The van der Waals surface area contributed by atoms with Crippen molar-refractivity contribution in [1.82, 2.24) is 24.5 Å². The van der Waals surface area contributed by atoms with E-state index in [1.54, 1.807) is 6.20 Å². The van der Waals surface area contributed by atoms with Gasteiger partial charge in [0.15, 0.2) is 17.5 Å². The molecule has 0 N–H and O–H groups in total. The molecule has 0 bridgehead atoms. The van der Waals surface area contributed by atoms with Gasteiger partial charge in [0.05, 0.1) is 22.9 Å². The molecule has 0 aliphatic carbocycles. The van der Waals surface area contributed by atoms with Crippen molar-refractivity contribution in [1.29, 1.82) is 0 Å². The molecule has 6 aromatic carbocycles. The van der Waals surface area contributed by atoms with Crippen LogP contribution in [0.5, 0.6) is 0 Å². The molecule has 0 spiro atoms. The lowest BCUT2D eigenvalue weighted by Gasteiger charge is -2.14. The molecule has 0 radical (unpaired) electrons. The molecule has 0 amide bonds. The summed E-state index contributed by atoms with van der Waals surface area (Å²) >= 11 is 0. The van der Waals surface area contributed by atoms with Crippen LogP contribution in [0.1, 0.15) is 0 Å². The molecule has 234 valence electrons. The van der Waals surface area contributed by atoms with Crippen LogP contribution in [0.25, 0.3) is 94.7 Å². The van der Waals surface area contributed by atoms with E-state index in [4.69, 9.17) is 19.4 Å². The van der Waals surface area contributed by atoms with Gasteiger partial charge in [-0.25, -0.2) is 15.0 Å². The number of hydrogen-bond donors (Lipinski definition) is 0. The summed E-state index contributed by atoms with van der Waals surface area (Å²) in [5, 5.41) is 4.53. The Balaban J connectivity index is 1.20. The fourth-order valence-corrected chi connectivity index (χ4v) is 7.00. The SMILES string of the molecule is c1ccc(-c2nc(-c3ccccc3)nc(-c3ccncc3-n3c4ccccc4c4ccc(-c5ccc6oc7ccccc7c6c5)cc43)n2)cc1. The number of hydrogen-bond acceptors (Lipinski definition) is 5. The van der Waals surface area contributed by atoms with Crippen LogP contribution in [0.3, 0.4) is 0 Å². The minimum absolute atomic E-state index is 0.578. The Morgan fingerprint density at radius 3 is 1.80 bits per heavy atom. The van der Waals surface area contributed by atoms with Gasteiger partial charge in [0.25, 0.3) is 0 Å². The second kappa shape index (κ2) is 11.4. The average molecular weight is 642 g/mol. The molecule has 4 aromatic heterocycles. The number of benzene rings is 6. The zero-order chi connectivity index (χ0) is 33.0. The molecule has 4 heterocycles. The van der Waals surface area contributed by atoms with E-state index in [1.807, 2.05) is 85.1 Å². The van der Waals surface area contributed by atoms with E-state index < -0.39 is 0 Å². The van der Waals surface area contributed by atoms with Crippen molar-refractivity contribution >= 4 is 43.7 Å². The topological polar surface area (TPSA) is 69.6 Å². The summed E-state index contributed by atoms with van der Waals surface area (Å²) in [5.41, 5.74) is 9.73. The third-order valence-corrected chi connectivity index (χ3v) is 9.37. The van der Waals surface area contributed by atoms with Gasteiger partial charge in [-0.05, 0) is 47.5 Å². The molecule has 10 aromatic rings. The highest BCUT2D eigenvalue weighted by Gasteiger charge is 2.20. The standard InChI is InChI=1S/C44H27N5O/c1-3-11-28(12-4-1)42-46-43(29-13-5-2-6-14-29)48-44(47-42)35-23-24-45-27-39(35)49-37-17-9-7-15-32(37)33-21-19-31(26-38(33)49)30-20-22-41-36(25-30)34-16-8-10-18-40(34)50-41/h1-27H. The minimum atomic E-state index is 0.578. The van der Waals surface area contributed by atoms with E-state index in [9.17, 15) is 0 Å². The Hall–Kier alpha value is -6.92. The monoisotopic (exact) mass is 641 g/mol. The number of para-hydroxylation sites is 2. The molecule has 10 rings (SSSR count). The molecular weight excluding hydrogens is 615 g/mol. The summed E-state index contributed by atoms with van der Waals surface area (Å²) in [4.78, 5) is 19.7. The first kappa shape index (κ1) is 28.1. The second-order valence-corrected chi connectivity index (χ2v) is 12.3. The molecular formula is C44H27N5O. The fourth-order valence-electron chi connectivity index (χ4n) is 7.00. The molecule has 50 heavy (non-hydrogen) atoms. The number of nitrogens with zero attached hydrogens (tertiary/aromatic N) is 5. The summed E-state index contributed by atoms with van der Waals surface area (Å²) in [6.07, 6.45) is 3.71. The van der Waals surface area contributed by atoms with Gasteiger partial charge in [0.1, 0.15) is 11.2 Å². The lowest BCUT2D eigenvalue weighted by atomic mass is 10.0. The van der Waals surface area contributed by atoms with E-state index in [1.165, 1.54) is 0 Å². The fraction of sp³-hybridized carbons (Fsp3) is 0. The maximum absolute atomic E-state index is 6.13. The van der Waals surface area contributed by atoms with Crippen LogP contribution in [0.15, 0.2) is 168 Å². The van der Waals surface area contributed by atoms with Crippen molar-refractivity contribution < 1.29 is 4.42 Å². The number of rotatable bonds is 5. The Morgan fingerprint density at radius 1 is 0.420 bits per heavy atom. The van der Waals surface area contributed by atoms with Gasteiger partial charge in [0, 0.05) is 44.4 Å². The number of aromatic nitrogens is 5. The van der Waals surface area contributed by atoms with Crippen molar-refractivity contribution in [2.75, 3.05) is 0 Å². The number of pyridine rings is 1. The predicted molar refractivity (Wildman–Crippen MR) is 201 cm³/mol. The first-order valence-corrected chi connectivity index (χ1v) is 16.5. The molecule has 6 nitrogen and oxygen atoms in total. The Bertz CT molecular complexity index is 2820. The van der Waals surface area contributed by atoms with Gasteiger partial charge in [-0.3, -0.25) is 4.98 Å². The zero-order valence-electron chi connectivity index (χ0n) is 26.7. The van der Waals surface area contributed by atoms with Gasteiger partial charge in [-0.2, -0.15) is 0 Å². The van der Waals surface area contributed by atoms with Crippen LogP contribution >= 0.6 is 0 Å². The second-order valence-electron chi connectivity index (χ2n) is 12.3. The van der Waals surface area contributed by atoms with Crippen LogP contribution < -0.4 is 0 Å². The van der Waals surface area contributed by atoms with E-state index in [-0.39, 0.29) is 0 Å².